The van der Waals surface area contributed by atoms with Crippen molar-refractivity contribution in [2.75, 3.05) is 37.6 Å². The number of nitrogens with two attached hydrogens (primary N) is 1. The van der Waals surface area contributed by atoms with Crippen LogP contribution in [0.5, 0.6) is 0 Å². The van der Waals surface area contributed by atoms with E-state index in [0.717, 1.165) is 31.7 Å². The van der Waals surface area contributed by atoms with Crippen molar-refractivity contribution in [1.29, 1.82) is 0 Å². The Balaban J connectivity index is 0.00000338. The fourth-order valence-electron chi connectivity index (χ4n) is 3.03. The van der Waals surface area contributed by atoms with E-state index >= 15 is 0 Å². The van der Waals surface area contributed by atoms with Gasteiger partial charge in [-0.15, -0.1) is 24.8 Å². The summed E-state index contributed by atoms with van der Waals surface area (Å²) in [5.41, 5.74) is 5.36. The van der Waals surface area contributed by atoms with Crippen molar-refractivity contribution in [2.45, 2.75) is 38.3 Å². The number of carbonyl (C=O) groups excluding carboxylic acids is 1. The summed E-state index contributed by atoms with van der Waals surface area (Å²) in [6, 6.07) is 5.37. The predicted octanol–water partition coefficient (Wildman–Crippen LogP) is 4.11. The molecule has 2 rings (SSSR count). The average Bonchev–Trinajstić information content (AvgIpc) is 2.61. The Kier molecular flexibility index (Phi) is 11.8. The number of rotatable bonds is 7. The lowest BCUT2D eigenvalue weighted by Gasteiger charge is -2.36. The molecule has 2 N–H and O–H groups in total. The van der Waals surface area contributed by atoms with Crippen molar-refractivity contribution in [3.05, 3.63) is 29.8 Å². The smallest absolute Gasteiger partial charge is 0.368 e. The molecule has 0 unspecified atom stereocenters. The number of benzene rings is 1. The van der Waals surface area contributed by atoms with Gasteiger partial charge < -0.3 is 15.5 Å². The van der Waals surface area contributed by atoms with Gasteiger partial charge in [0.25, 0.3) is 0 Å². The first-order chi connectivity index (χ1) is 11.9. The number of nitrogens with zero attached hydrogens (tertiary/aromatic N) is 2. The van der Waals surface area contributed by atoms with Gasteiger partial charge >= 0.3 is 6.18 Å². The lowest BCUT2D eigenvalue weighted by atomic mass is 10.1. The van der Waals surface area contributed by atoms with Gasteiger partial charge in [0.05, 0.1) is 5.56 Å². The van der Waals surface area contributed by atoms with Gasteiger partial charge in [0.1, 0.15) is 0 Å². The topological polar surface area (TPSA) is 49.6 Å². The molecule has 27 heavy (non-hydrogen) atoms. The molecule has 0 saturated carbocycles. The van der Waals surface area contributed by atoms with Gasteiger partial charge in [-0.1, -0.05) is 18.9 Å². The van der Waals surface area contributed by atoms with Crippen LogP contribution in [0.2, 0.25) is 0 Å². The lowest BCUT2D eigenvalue weighted by Crippen LogP contribution is -2.48. The minimum absolute atomic E-state index is 0. The van der Waals surface area contributed by atoms with Crippen molar-refractivity contribution in [2.24, 2.45) is 5.73 Å². The molecule has 1 aromatic rings. The van der Waals surface area contributed by atoms with E-state index in [4.69, 9.17) is 5.73 Å². The highest BCUT2D eigenvalue weighted by Gasteiger charge is 2.31. The van der Waals surface area contributed by atoms with Gasteiger partial charge in [-0.25, -0.2) is 0 Å². The van der Waals surface area contributed by atoms with Gasteiger partial charge in [-0.3, -0.25) is 4.79 Å². The van der Waals surface area contributed by atoms with Crippen molar-refractivity contribution < 1.29 is 18.0 Å². The van der Waals surface area contributed by atoms with E-state index in [1.807, 2.05) is 9.80 Å². The zero-order valence-electron chi connectivity index (χ0n) is 15.2. The minimum atomic E-state index is -4.34. The van der Waals surface area contributed by atoms with Crippen LogP contribution in [0, 0.1) is 0 Å². The maximum atomic E-state index is 12.8. The number of amides is 1. The van der Waals surface area contributed by atoms with E-state index in [1.54, 1.807) is 6.07 Å². The molecule has 0 bridgehead atoms. The first-order valence-corrected chi connectivity index (χ1v) is 8.82. The van der Waals surface area contributed by atoms with Crippen molar-refractivity contribution in [3.63, 3.8) is 0 Å². The quantitative estimate of drug-likeness (QED) is 0.663. The Bertz CT molecular complexity index is 565. The van der Waals surface area contributed by atoms with E-state index in [0.29, 0.717) is 44.8 Å². The Morgan fingerprint density at radius 3 is 2.22 bits per heavy atom. The minimum Gasteiger partial charge on any atom is -0.368 e. The number of piperazine rings is 1. The second kappa shape index (κ2) is 12.3. The predicted molar refractivity (Wildman–Crippen MR) is 107 cm³/mol. The first kappa shape index (κ1) is 25.8. The largest absolute Gasteiger partial charge is 0.416 e. The van der Waals surface area contributed by atoms with Gasteiger partial charge in [-0.2, -0.15) is 13.2 Å². The molecule has 1 aliphatic heterocycles. The van der Waals surface area contributed by atoms with Crippen LogP contribution in [-0.2, 0) is 11.0 Å². The molecule has 156 valence electrons. The molecular formula is C18H28Cl2F3N3O. The monoisotopic (exact) mass is 429 g/mol. The SMILES string of the molecule is Cl.Cl.NCCCCCCC(=O)N1CCN(c2cccc(C(F)(F)F)c2)CC1. The number of unbranched alkanes of at least 4 members (excludes halogenated alkanes) is 3. The standard InChI is InChI=1S/C18H26F3N3O.2ClH/c19-18(20,21)15-6-5-7-16(14-15)23-10-12-24(13-11-23)17(25)8-3-1-2-4-9-22;;/h5-7,14H,1-4,8-13,22H2;2*1H. The number of alkyl halides is 3. The number of hydrogen-bond donors (Lipinski definition) is 1. The summed E-state index contributed by atoms with van der Waals surface area (Å²) in [6.45, 7) is 2.90. The van der Waals surface area contributed by atoms with E-state index in [1.165, 1.54) is 12.1 Å². The normalized spacial score (nSPS) is 14.4. The Morgan fingerprint density at radius 1 is 1.00 bits per heavy atom. The van der Waals surface area contributed by atoms with E-state index in [9.17, 15) is 18.0 Å². The molecule has 0 radical (unpaired) electrons. The molecule has 0 aliphatic carbocycles. The number of anilines is 1. The molecule has 1 amide bonds. The van der Waals surface area contributed by atoms with Gasteiger partial charge in [0, 0.05) is 38.3 Å². The zero-order chi connectivity index (χ0) is 18.3. The molecule has 0 spiro atoms. The molecule has 1 saturated heterocycles. The summed E-state index contributed by atoms with van der Waals surface area (Å²) in [5, 5.41) is 0. The molecule has 9 heteroatoms. The van der Waals surface area contributed by atoms with Crippen LogP contribution in [0.25, 0.3) is 0 Å². The van der Waals surface area contributed by atoms with E-state index in [2.05, 4.69) is 0 Å². The van der Waals surface area contributed by atoms with Gasteiger partial charge in [0.2, 0.25) is 5.91 Å². The van der Waals surface area contributed by atoms with E-state index < -0.39 is 11.7 Å². The number of carbonyl (C=O) groups is 1. The van der Waals surface area contributed by atoms with Crippen molar-refractivity contribution >= 4 is 36.4 Å². The maximum Gasteiger partial charge on any atom is 0.416 e. The van der Waals surface area contributed by atoms with Crippen LogP contribution in [0.1, 0.15) is 37.7 Å². The second-order valence-electron chi connectivity index (χ2n) is 6.37. The number of hydrogen-bond acceptors (Lipinski definition) is 3. The van der Waals surface area contributed by atoms with Crippen LogP contribution >= 0.6 is 24.8 Å². The molecular weight excluding hydrogens is 402 g/mol. The van der Waals surface area contributed by atoms with Crippen molar-refractivity contribution in [1.82, 2.24) is 4.90 Å². The van der Waals surface area contributed by atoms with Crippen LogP contribution in [0.4, 0.5) is 18.9 Å². The highest BCUT2D eigenvalue weighted by molar-refractivity contribution is 5.85. The second-order valence-corrected chi connectivity index (χ2v) is 6.37. The molecule has 1 aliphatic rings. The Morgan fingerprint density at radius 2 is 1.63 bits per heavy atom. The summed E-state index contributed by atoms with van der Waals surface area (Å²) >= 11 is 0. The van der Waals surface area contributed by atoms with Crippen molar-refractivity contribution in [3.8, 4) is 0 Å². The summed E-state index contributed by atoms with van der Waals surface area (Å²) in [5.74, 6) is 0.136. The molecule has 4 nitrogen and oxygen atoms in total. The van der Waals surface area contributed by atoms with Crippen LogP contribution in [-0.4, -0.2) is 43.5 Å². The summed E-state index contributed by atoms with van der Waals surface area (Å²) in [6.07, 6.45) is 0.114. The van der Waals surface area contributed by atoms with Gasteiger partial charge in [-0.05, 0) is 37.6 Å². The van der Waals surface area contributed by atoms with Crippen LogP contribution in [0.3, 0.4) is 0 Å². The van der Waals surface area contributed by atoms with Crippen LogP contribution in [0.15, 0.2) is 24.3 Å². The summed E-state index contributed by atoms with van der Waals surface area (Å²) in [4.78, 5) is 15.9. The Labute approximate surface area is 171 Å². The first-order valence-electron chi connectivity index (χ1n) is 8.82. The average molecular weight is 430 g/mol. The fraction of sp³-hybridized carbons (Fsp3) is 0.611. The highest BCUT2D eigenvalue weighted by Crippen LogP contribution is 2.31. The number of halogens is 5. The maximum absolute atomic E-state index is 12.8. The summed E-state index contributed by atoms with van der Waals surface area (Å²) in [7, 11) is 0. The molecule has 0 atom stereocenters. The van der Waals surface area contributed by atoms with Gasteiger partial charge in [0.15, 0.2) is 0 Å². The summed E-state index contributed by atoms with van der Waals surface area (Å²) < 4.78 is 38.5. The molecule has 1 fully saturated rings. The lowest BCUT2D eigenvalue weighted by molar-refractivity contribution is -0.137. The zero-order valence-corrected chi connectivity index (χ0v) is 16.8. The molecule has 1 aromatic carbocycles. The highest BCUT2D eigenvalue weighted by atomic mass is 35.5. The molecule has 1 heterocycles. The third-order valence-electron chi connectivity index (χ3n) is 4.52. The van der Waals surface area contributed by atoms with Crippen LogP contribution < -0.4 is 10.6 Å². The fourth-order valence-corrected chi connectivity index (χ4v) is 3.03. The molecule has 0 aromatic heterocycles. The third-order valence-corrected chi connectivity index (χ3v) is 4.52. The third kappa shape index (κ3) is 8.15. The Hall–Kier alpha value is -1.18. The van der Waals surface area contributed by atoms with E-state index in [-0.39, 0.29) is 30.7 Å².